The lowest BCUT2D eigenvalue weighted by Crippen LogP contribution is -2.26. The topological polar surface area (TPSA) is 60.5 Å². The summed E-state index contributed by atoms with van der Waals surface area (Å²) >= 11 is 0. The molecule has 96 valence electrons. The van der Waals surface area contributed by atoms with Gasteiger partial charge in [-0.05, 0) is 36.4 Å². The third kappa shape index (κ3) is 2.22. The zero-order valence-electron chi connectivity index (χ0n) is 10.3. The van der Waals surface area contributed by atoms with Gasteiger partial charge in [-0.2, -0.15) is 0 Å². The third-order valence-electron chi connectivity index (χ3n) is 2.86. The number of hydrogen-bond acceptors (Lipinski definition) is 4. The highest BCUT2D eigenvalue weighted by molar-refractivity contribution is 5.94. The number of anilines is 1. The molecule has 2 aromatic rings. The predicted molar refractivity (Wildman–Crippen MR) is 70.3 cm³/mol. The molecule has 0 unspecified atom stereocenters. The number of amides is 1. The van der Waals surface area contributed by atoms with Crippen molar-refractivity contribution in [3.05, 3.63) is 36.4 Å². The predicted octanol–water partition coefficient (Wildman–Crippen LogP) is 2.09. The minimum absolute atomic E-state index is 0.0383. The van der Waals surface area contributed by atoms with Crippen LogP contribution < -0.4 is 14.8 Å². The van der Waals surface area contributed by atoms with Crippen molar-refractivity contribution >= 4 is 11.7 Å². The Morgan fingerprint density at radius 2 is 2.00 bits per heavy atom. The summed E-state index contributed by atoms with van der Waals surface area (Å²) in [5, 5.41) is 2.69. The van der Waals surface area contributed by atoms with Crippen LogP contribution >= 0.6 is 0 Å². The van der Waals surface area contributed by atoms with Crippen LogP contribution in [0.15, 0.2) is 36.4 Å². The van der Waals surface area contributed by atoms with E-state index in [9.17, 15) is 4.79 Å². The summed E-state index contributed by atoms with van der Waals surface area (Å²) in [7, 11) is 1.62. The third-order valence-corrected chi connectivity index (χ3v) is 2.86. The minimum atomic E-state index is -0.188. The van der Waals surface area contributed by atoms with Crippen LogP contribution in [0.2, 0.25) is 0 Å². The van der Waals surface area contributed by atoms with E-state index in [4.69, 9.17) is 9.47 Å². The largest absolute Gasteiger partial charge is 0.497 e. The smallest absolute Gasteiger partial charge is 0.263 e. The van der Waals surface area contributed by atoms with Crippen molar-refractivity contribution in [3.63, 3.8) is 0 Å². The van der Waals surface area contributed by atoms with Crippen LogP contribution in [0.4, 0.5) is 5.82 Å². The number of rotatable bonds is 2. The number of methoxy groups -OCH3 is 1. The van der Waals surface area contributed by atoms with E-state index in [1.807, 2.05) is 30.3 Å². The van der Waals surface area contributed by atoms with Gasteiger partial charge in [-0.25, -0.2) is 4.98 Å². The Labute approximate surface area is 110 Å². The molecule has 1 aromatic carbocycles. The van der Waals surface area contributed by atoms with Gasteiger partial charge in [0.25, 0.3) is 5.91 Å². The summed E-state index contributed by atoms with van der Waals surface area (Å²) in [6.45, 7) is 0.0383. The number of carbonyl (C=O) groups is 1. The lowest BCUT2D eigenvalue weighted by Gasteiger charge is -2.17. The van der Waals surface area contributed by atoms with Crippen molar-refractivity contribution in [2.45, 2.75) is 0 Å². The van der Waals surface area contributed by atoms with Crippen LogP contribution in [0.1, 0.15) is 0 Å². The average Bonchev–Trinajstić information content (AvgIpc) is 2.46. The van der Waals surface area contributed by atoms with E-state index in [1.165, 1.54) is 0 Å². The molecule has 3 rings (SSSR count). The molecule has 0 radical (unpaired) electrons. The molecule has 1 aliphatic rings. The van der Waals surface area contributed by atoms with E-state index >= 15 is 0 Å². The van der Waals surface area contributed by atoms with Crippen LogP contribution in [-0.2, 0) is 4.79 Å². The fourth-order valence-corrected chi connectivity index (χ4v) is 1.89. The van der Waals surface area contributed by atoms with Crippen molar-refractivity contribution in [1.29, 1.82) is 0 Å². The first-order chi connectivity index (χ1) is 9.26. The van der Waals surface area contributed by atoms with Gasteiger partial charge in [-0.3, -0.25) is 4.79 Å². The van der Waals surface area contributed by atoms with E-state index in [1.54, 1.807) is 13.2 Å². The Morgan fingerprint density at radius 1 is 1.21 bits per heavy atom. The number of nitrogens with one attached hydrogen (secondary N) is 1. The highest BCUT2D eigenvalue weighted by Crippen LogP contribution is 2.29. The quantitative estimate of drug-likeness (QED) is 0.893. The number of pyridine rings is 1. The lowest BCUT2D eigenvalue weighted by molar-refractivity contribution is -0.118. The highest BCUT2D eigenvalue weighted by atomic mass is 16.5. The van der Waals surface area contributed by atoms with Gasteiger partial charge < -0.3 is 14.8 Å². The maximum atomic E-state index is 11.3. The summed E-state index contributed by atoms with van der Waals surface area (Å²) in [5.41, 5.74) is 1.72. The van der Waals surface area contributed by atoms with Gasteiger partial charge in [0, 0.05) is 5.56 Å². The van der Waals surface area contributed by atoms with Crippen molar-refractivity contribution in [1.82, 2.24) is 4.98 Å². The number of benzene rings is 1. The standard InChI is InChI=1S/C14H12N2O3/c1-18-10-4-2-9(3-5-10)11-6-7-12-14(15-11)16-13(17)8-19-12/h2-7H,8H2,1H3,(H,15,16,17). The van der Waals surface area contributed by atoms with Crippen molar-refractivity contribution in [2.75, 3.05) is 19.0 Å². The minimum Gasteiger partial charge on any atom is -0.497 e. The van der Waals surface area contributed by atoms with Gasteiger partial charge in [-0.15, -0.1) is 0 Å². The molecular formula is C14H12N2O3. The molecule has 1 amide bonds. The molecule has 19 heavy (non-hydrogen) atoms. The van der Waals surface area contributed by atoms with Crippen molar-refractivity contribution < 1.29 is 14.3 Å². The van der Waals surface area contributed by atoms with Gasteiger partial charge in [0.2, 0.25) is 0 Å². The second-order valence-electron chi connectivity index (χ2n) is 4.11. The molecule has 5 heteroatoms. The van der Waals surface area contributed by atoms with Crippen LogP contribution in [0.3, 0.4) is 0 Å². The fraction of sp³-hybridized carbons (Fsp3) is 0.143. The summed E-state index contributed by atoms with van der Waals surface area (Å²) in [4.78, 5) is 15.7. The molecule has 2 heterocycles. The number of aromatic nitrogens is 1. The molecule has 0 bridgehead atoms. The lowest BCUT2D eigenvalue weighted by atomic mass is 10.1. The summed E-state index contributed by atoms with van der Waals surface area (Å²) in [5.74, 6) is 1.66. The second-order valence-corrected chi connectivity index (χ2v) is 4.11. The first kappa shape index (κ1) is 11.5. The van der Waals surface area contributed by atoms with Crippen LogP contribution in [0, 0.1) is 0 Å². The molecule has 0 saturated carbocycles. The van der Waals surface area contributed by atoms with E-state index < -0.39 is 0 Å². The zero-order chi connectivity index (χ0) is 13.2. The molecular weight excluding hydrogens is 244 g/mol. The average molecular weight is 256 g/mol. The second kappa shape index (κ2) is 4.61. The first-order valence-corrected chi connectivity index (χ1v) is 5.84. The van der Waals surface area contributed by atoms with Gasteiger partial charge in [-0.1, -0.05) is 0 Å². The molecule has 1 aromatic heterocycles. The van der Waals surface area contributed by atoms with E-state index in [2.05, 4.69) is 10.3 Å². The maximum absolute atomic E-state index is 11.3. The monoisotopic (exact) mass is 256 g/mol. The molecule has 0 aliphatic carbocycles. The molecule has 0 spiro atoms. The van der Waals surface area contributed by atoms with Gasteiger partial charge >= 0.3 is 0 Å². The van der Waals surface area contributed by atoms with Crippen LogP contribution in [-0.4, -0.2) is 24.6 Å². The Morgan fingerprint density at radius 3 is 2.74 bits per heavy atom. The Bertz CT molecular complexity index is 623. The highest BCUT2D eigenvalue weighted by Gasteiger charge is 2.17. The Balaban J connectivity index is 1.96. The van der Waals surface area contributed by atoms with Gasteiger partial charge in [0.05, 0.1) is 12.8 Å². The van der Waals surface area contributed by atoms with E-state index in [-0.39, 0.29) is 12.5 Å². The Kier molecular flexibility index (Phi) is 2.79. The number of hydrogen-bond donors (Lipinski definition) is 1. The maximum Gasteiger partial charge on any atom is 0.263 e. The molecule has 0 saturated heterocycles. The van der Waals surface area contributed by atoms with E-state index in [0.29, 0.717) is 11.6 Å². The number of fused-ring (bicyclic) bond motifs is 1. The van der Waals surface area contributed by atoms with Gasteiger partial charge in [0.15, 0.2) is 18.2 Å². The SMILES string of the molecule is COc1ccc(-c2ccc3c(n2)NC(=O)CO3)cc1. The molecule has 0 atom stereocenters. The zero-order valence-corrected chi connectivity index (χ0v) is 10.3. The number of nitrogens with zero attached hydrogens (tertiary/aromatic N) is 1. The molecule has 0 fully saturated rings. The summed E-state index contributed by atoms with van der Waals surface area (Å²) in [6.07, 6.45) is 0. The van der Waals surface area contributed by atoms with E-state index in [0.717, 1.165) is 17.0 Å². The fourth-order valence-electron chi connectivity index (χ4n) is 1.89. The molecule has 5 nitrogen and oxygen atoms in total. The number of ether oxygens (including phenoxy) is 2. The molecule has 1 aliphatic heterocycles. The number of carbonyl (C=O) groups excluding carboxylic acids is 1. The van der Waals surface area contributed by atoms with Gasteiger partial charge in [0.1, 0.15) is 5.75 Å². The van der Waals surface area contributed by atoms with Crippen molar-refractivity contribution in [2.24, 2.45) is 0 Å². The van der Waals surface area contributed by atoms with Crippen molar-refractivity contribution in [3.8, 4) is 22.8 Å². The molecule has 1 N–H and O–H groups in total. The van der Waals surface area contributed by atoms with Crippen LogP contribution in [0.5, 0.6) is 11.5 Å². The van der Waals surface area contributed by atoms with Crippen LogP contribution in [0.25, 0.3) is 11.3 Å². The summed E-state index contributed by atoms with van der Waals surface area (Å²) < 4.78 is 10.4. The normalized spacial score (nSPS) is 13.2. The first-order valence-electron chi connectivity index (χ1n) is 5.84. The Hall–Kier alpha value is -2.56. The summed E-state index contributed by atoms with van der Waals surface area (Å²) in [6, 6.07) is 11.2.